The fourth-order valence-electron chi connectivity index (χ4n) is 2.35. The molecule has 0 bridgehead atoms. The van der Waals surface area contributed by atoms with Gasteiger partial charge in [0, 0.05) is 23.6 Å². The molecule has 1 aromatic heterocycles. The molecule has 4 nitrogen and oxygen atoms in total. The van der Waals surface area contributed by atoms with Crippen LogP contribution in [0.3, 0.4) is 0 Å². The van der Waals surface area contributed by atoms with Crippen LogP contribution in [-0.4, -0.2) is 5.91 Å². The fraction of sp³-hybridized carbons (Fsp3) is 0.111. The van der Waals surface area contributed by atoms with E-state index >= 15 is 0 Å². The van der Waals surface area contributed by atoms with Crippen molar-refractivity contribution >= 4 is 16.9 Å². The number of aryl methyl sites for hydroxylation is 1. The van der Waals surface area contributed by atoms with Crippen LogP contribution in [0.15, 0.2) is 63.8 Å². The summed E-state index contributed by atoms with van der Waals surface area (Å²) in [5, 5.41) is 3.68. The topological polar surface area (TPSA) is 59.3 Å². The first-order valence-corrected chi connectivity index (χ1v) is 7.00. The van der Waals surface area contributed by atoms with Crippen molar-refractivity contribution < 1.29 is 9.21 Å². The van der Waals surface area contributed by atoms with Crippen molar-refractivity contribution in [3.05, 3.63) is 81.7 Å². The Labute approximate surface area is 127 Å². The van der Waals surface area contributed by atoms with E-state index in [-0.39, 0.29) is 12.5 Å². The molecule has 0 aliphatic carbocycles. The highest BCUT2D eigenvalue weighted by molar-refractivity contribution is 5.94. The van der Waals surface area contributed by atoms with Crippen molar-refractivity contribution in [3.63, 3.8) is 0 Å². The quantitative estimate of drug-likeness (QED) is 0.755. The van der Waals surface area contributed by atoms with Gasteiger partial charge in [0.15, 0.2) is 0 Å². The average Bonchev–Trinajstić information content (AvgIpc) is 2.53. The molecule has 1 amide bonds. The number of benzene rings is 2. The van der Waals surface area contributed by atoms with Crippen LogP contribution in [0.4, 0.5) is 0 Å². The van der Waals surface area contributed by atoms with Gasteiger partial charge < -0.3 is 9.73 Å². The van der Waals surface area contributed by atoms with E-state index in [2.05, 4.69) is 5.32 Å². The van der Waals surface area contributed by atoms with E-state index in [1.807, 2.05) is 37.3 Å². The zero-order valence-corrected chi connectivity index (χ0v) is 12.1. The Morgan fingerprint density at radius 2 is 1.86 bits per heavy atom. The number of rotatable bonds is 3. The highest BCUT2D eigenvalue weighted by Crippen LogP contribution is 2.18. The minimum atomic E-state index is -0.416. The lowest BCUT2D eigenvalue weighted by atomic mass is 10.1. The van der Waals surface area contributed by atoms with Gasteiger partial charge in [-0.3, -0.25) is 4.79 Å². The van der Waals surface area contributed by atoms with Crippen LogP contribution in [0, 0.1) is 6.92 Å². The molecule has 0 atom stereocenters. The van der Waals surface area contributed by atoms with Gasteiger partial charge in [0.25, 0.3) is 5.91 Å². The summed E-state index contributed by atoms with van der Waals surface area (Å²) in [5.74, 6) is -0.172. The van der Waals surface area contributed by atoms with Gasteiger partial charge in [-0.25, -0.2) is 4.79 Å². The fourth-order valence-corrected chi connectivity index (χ4v) is 2.35. The number of hydrogen-bond donors (Lipinski definition) is 1. The molecule has 0 spiro atoms. The van der Waals surface area contributed by atoms with E-state index in [0.717, 1.165) is 16.5 Å². The highest BCUT2D eigenvalue weighted by Gasteiger charge is 2.09. The first-order chi connectivity index (χ1) is 10.6. The Bertz CT molecular complexity index is 882. The molecule has 3 rings (SSSR count). The normalized spacial score (nSPS) is 10.6. The maximum absolute atomic E-state index is 12.1. The lowest BCUT2D eigenvalue weighted by Crippen LogP contribution is -2.23. The summed E-state index contributed by atoms with van der Waals surface area (Å²) in [7, 11) is 0. The Morgan fingerprint density at radius 3 is 2.64 bits per heavy atom. The first kappa shape index (κ1) is 14.1. The second-order valence-electron chi connectivity index (χ2n) is 5.14. The van der Waals surface area contributed by atoms with Gasteiger partial charge in [-0.05, 0) is 36.8 Å². The van der Waals surface area contributed by atoms with Gasteiger partial charge in [0.1, 0.15) is 5.58 Å². The molecule has 1 N–H and O–H groups in total. The van der Waals surface area contributed by atoms with Crippen molar-refractivity contribution in [2.45, 2.75) is 13.5 Å². The molecule has 0 saturated heterocycles. The van der Waals surface area contributed by atoms with Crippen molar-refractivity contribution in [1.82, 2.24) is 5.32 Å². The summed E-state index contributed by atoms with van der Waals surface area (Å²) in [5.41, 5.74) is 2.52. The number of nitrogens with one attached hydrogen (secondary N) is 1. The van der Waals surface area contributed by atoms with E-state index in [1.54, 1.807) is 18.2 Å². The molecule has 0 fully saturated rings. The minimum absolute atomic E-state index is 0.172. The molecule has 1 heterocycles. The molecule has 0 aliphatic heterocycles. The van der Waals surface area contributed by atoms with Crippen molar-refractivity contribution in [1.29, 1.82) is 0 Å². The lowest BCUT2D eigenvalue weighted by molar-refractivity contribution is 0.0951. The third kappa shape index (κ3) is 2.91. The monoisotopic (exact) mass is 293 g/mol. The Morgan fingerprint density at radius 1 is 1.09 bits per heavy atom. The number of hydrogen-bond acceptors (Lipinski definition) is 3. The van der Waals surface area contributed by atoms with Gasteiger partial charge in [-0.15, -0.1) is 0 Å². The molecular weight excluding hydrogens is 278 g/mol. The van der Waals surface area contributed by atoms with Crippen LogP contribution in [-0.2, 0) is 6.54 Å². The summed E-state index contributed by atoms with van der Waals surface area (Å²) >= 11 is 0. The third-order valence-electron chi connectivity index (χ3n) is 3.46. The molecular formula is C18H15NO3. The number of carbonyl (C=O) groups is 1. The van der Waals surface area contributed by atoms with E-state index in [9.17, 15) is 9.59 Å². The molecule has 22 heavy (non-hydrogen) atoms. The summed E-state index contributed by atoms with van der Waals surface area (Å²) in [6.45, 7) is 2.25. The largest absolute Gasteiger partial charge is 0.423 e. The molecule has 4 heteroatoms. The summed E-state index contributed by atoms with van der Waals surface area (Å²) < 4.78 is 5.18. The van der Waals surface area contributed by atoms with Crippen molar-refractivity contribution in [2.24, 2.45) is 0 Å². The van der Waals surface area contributed by atoms with Crippen molar-refractivity contribution in [2.75, 3.05) is 0 Å². The first-order valence-electron chi connectivity index (χ1n) is 7.00. The maximum atomic E-state index is 12.1. The number of carbonyl (C=O) groups excluding carboxylic acids is 1. The summed E-state index contributed by atoms with van der Waals surface area (Å²) in [6.07, 6.45) is 0. The molecule has 3 aromatic rings. The van der Waals surface area contributed by atoms with E-state index < -0.39 is 5.63 Å². The SMILES string of the molecule is Cc1ccc2oc(=O)cc(CNC(=O)c3ccccc3)c2c1. The molecule has 110 valence electrons. The van der Waals surface area contributed by atoms with Gasteiger partial charge in [0.2, 0.25) is 0 Å². The van der Waals surface area contributed by atoms with Crippen LogP contribution in [0.25, 0.3) is 11.0 Å². The Kier molecular flexibility index (Phi) is 3.74. The van der Waals surface area contributed by atoms with E-state index in [1.165, 1.54) is 6.07 Å². The standard InChI is InChI=1S/C18H15NO3/c1-12-7-8-16-15(9-12)14(10-17(20)22-16)11-19-18(21)13-5-3-2-4-6-13/h2-10H,11H2,1H3,(H,19,21). The minimum Gasteiger partial charge on any atom is -0.423 e. The predicted molar refractivity (Wildman–Crippen MR) is 84.8 cm³/mol. The smallest absolute Gasteiger partial charge is 0.336 e. The van der Waals surface area contributed by atoms with E-state index in [4.69, 9.17) is 4.42 Å². The molecule has 0 aliphatic rings. The second-order valence-corrected chi connectivity index (χ2v) is 5.14. The average molecular weight is 293 g/mol. The maximum Gasteiger partial charge on any atom is 0.336 e. The van der Waals surface area contributed by atoms with Gasteiger partial charge in [0.05, 0.1) is 0 Å². The number of amides is 1. The van der Waals surface area contributed by atoms with Gasteiger partial charge in [-0.1, -0.05) is 29.8 Å². The highest BCUT2D eigenvalue weighted by atomic mass is 16.4. The molecule has 0 radical (unpaired) electrons. The van der Waals surface area contributed by atoms with Crippen molar-refractivity contribution in [3.8, 4) is 0 Å². The molecule has 0 saturated carbocycles. The zero-order valence-electron chi connectivity index (χ0n) is 12.1. The van der Waals surface area contributed by atoms with Crippen LogP contribution in [0.2, 0.25) is 0 Å². The van der Waals surface area contributed by atoms with Gasteiger partial charge in [-0.2, -0.15) is 0 Å². The van der Waals surface area contributed by atoms with E-state index in [0.29, 0.717) is 11.1 Å². The lowest BCUT2D eigenvalue weighted by Gasteiger charge is -2.08. The number of fused-ring (bicyclic) bond motifs is 1. The van der Waals surface area contributed by atoms with Gasteiger partial charge >= 0.3 is 5.63 Å². The van der Waals surface area contributed by atoms with Crippen LogP contribution in [0.1, 0.15) is 21.5 Å². The Hall–Kier alpha value is -2.88. The second kappa shape index (κ2) is 5.85. The predicted octanol–water partition coefficient (Wildman–Crippen LogP) is 3.03. The molecule has 0 unspecified atom stereocenters. The Balaban J connectivity index is 1.89. The van der Waals surface area contributed by atoms with Crippen LogP contribution < -0.4 is 10.9 Å². The third-order valence-corrected chi connectivity index (χ3v) is 3.46. The van der Waals surface area contributed by atoms with Crippen LogP contribution in [0.5, 0.6) is 0 Å². The zero-order chi connectivity index (χ0) is 15.5. The van der Waals surface area contributed by atoms with Crippen LogP contribution >= 0.6 is 0 Å². The summed E-state index contributed by atoms with van der Waals surface area (Å²) in [4.78, 5) is 23.7. The summed E-state index contributed by atoms with van der Waals surface area (Å²) in [6, 6.07) is 16.0. The molecule has 2 aromatic carbocycles.